The molecule has 2 heterocycles. The molecule has 410 valence electrons. The zero-order valence-electron chi connectivity index (χ0n) is 43.4. The van der Waals surface area contributed by atoms with Gasteiger partial charge in [-0.1, -0.05) is 33.3 Å². The van der Waals surface area contributed by atoms with Crippen LogP contribution in [0.25, 0.3) is 17.4 Å². The number of carbonyl (C=O) groups is 1. The number of rotatable bonds is 37. The topological polar surface area (TPSA) is 245 Å². The minimum atomic E-state index is -4.86. The Morgan fingerprint density at radius 3 is 1.82 bits per heavy atom. The molecule has 1 aromatic carbocycles. The number of carboxylic acid groups (broad SMARTS) is 1. The van der Waals surface area contributed by atoms with Crippen molar-refractivity contribution < 1.29 is 78.2 Å². The normalized spacial score (nSPS) is 15.8. The molecule has 0 fully saturated rings. The number of unbranched alkanes of at least 4 members (excludes halogenated alkanes) is 2. The third-order valence-corrected chi connectivity index (χ3v) is 13.8. The summed E-state index contributed by atoms with van der Waals surface area (Å²) in [5.41, 5.74) is 2.42. The minimum Gasteiger partial charge on any atom is -0.748 e. The average molecular weight is 1070 g/mol. The smallest absolute Gasteiger partial charge is 0.303 e. The molecule has 0 bridgehead atoms. The highest BCUT2D eigenvalue weighted by Gasteiger charge is 2.43. The van der Waals surface area contributed by atoms with Gasteiger partial charge in [-0.25, -0.2) is 21.4 Å². The Morgan fingerprint density at radius 1 is 0.740 bits per heavy atom. The molecule has 2 aliphatic heterocycles. The summed E-state index contributed by atoms with van der Waals surface area (Å²) in [7, 11) is -6.19. The van der Waals surface area contributed by atoms with Gasteiger partial charge in [-0.3, -0.25) is 4.79 Å². The molecule has 1 atom stereocenters. The van der Waals surface area contributed by atoms with E-state index in [1.54, 1.807) is 20.3 Å². The molecule has 3 aliphatic rings. The van der Waals surface area contributed by atoms with Crippen LogP contribution in [0.2, 0.25) is 0 Å². The van der Waals surface area contributed by atoms with Gasteiger partial charge in [-0.05, 0) is 91.6 Å². The van der Waals surface area contributed by atoms with E-state index in [1.165, 1.54) is 12.1 Å². The van der Waals surface area contributed by atoms with E-state index in [0.717, 1.165) is 16.5 Å². The maximum Gasteiger partial charge on any atom is 0.303 e. The van der Waals surface area contributed by atoms with Crippen molar-refractivity contribution in [3.8, 4) is 11.3 Å². The molecule has 19 nitrogen and oxygen atoms in total. The van der Waals surface area contributed by atoms with Crippen LogP contribution in [0.1, 0.15) is 83.1 Å². The number of anilines is 1. The van der Waals surface area contributed by atoms with Crippen LogP contribution in [0.3, 0.4) is 0 Å². The molecule has 1 aliphatic carbocycles. The molecule has 0 saturated carbocycles. The number of benzene rings is 2. The number of methoxy groups -OCH3 is 2. The van der Waals surface area contributed by atoms with Crippen molar-refractivity contribution in [2.45, 2.75) is 81.9 Å². The number of allylic oxidation sites excluding steroid dienone is 3. The lowest BCUT2D eigenvalue weighted by atomic mass is 9.77. The maximum atomic E-state index is 12.3. The lowest BCUT2D eigenvalue weighted by Crippen LogP contribution is -2.36. The van der Waals surface area contributed by atoms with Crippen molar-refractivity contribution in [1.29, 1.82) is 0 Å². The summed E-state index contributed by atoms with van der Waals surface area (Å²) < 4.78 is 125. The zero-order chi connectivity index (χ0) is 53.3. The molecule has 0 amide bonds. The number of aliphatic carboxylic acids is 1. The van der Waals surface area contributed by atoms with Gasteiger partial charge in [-0.15, -0.1) is 0 Å². The molecule has 1 N–H and O–H groups in total. The van der Waals surface area contributed by atoms with E-state index in [9.17, 15) is 35.8 Å². The summed E-state index contributed by atoms with van der Waals surface area (Å²) in [5.74, 6) is -0.362. The Bertz CT molecular complexity index is 2460. The second kappa shape index (κ2) is 31.1. The number of fused-ring (bicyclic) bond motifs is 2. The average Bonchev–Trinajstić information content (AvgIpc) is 3.55. The standard InChI is InChI=1S/C52H78N2O17S2/c1-51(2,3)45-39-42(12-10-13-49-52(4,19-11-37-72(57,58)59)46-40-43(73(60,61)62)16-18-47(46)54(49)20-9-7-8-14-50(55)56)71-48-38-41(15-17-44(45)48)53(21-23-65-29-31-69-35-33-67-27-25-63-5)22-24-66-30-32-70-36-34-68-28-26-64-6/h10,12-13,15-18,38-40H,7-9,11,14,19-37H2,1-6H3,(H2-,55,56,57,58,59,60,61,62)/p-1. The summed E-state index contributed by atoms with van der Waals surface area (Å²) in [6, 6.07) is 12.2. The monoisotopic (exact) mass is 1070 g/mol. The van der Waals surface area contributed by atoms with Crippen LogP contribution in [-0.2, 0) is 73.8 Å². The van der Waals surface area contributed by atoms with E-state index in [1.807, 2.05) is 42.2 Å². The summed E-state index contributed by atoms with van der Waals surface area (Å²) in [6.07, 6.45) is 7.22. The maximum absolute atomic E-state index is 12.3. The Morgan fingerprint density at radius 2 is 1.30 bits per heavy atom. The Labute approximate surface area is 431 Å². The van der Waals surface area contributed by atoms with E-state index in [4.69, 9.17) is 42.3 Å². The third kappa shape index (κ3) is 21.2. The second-order valence-corrected chi connectivity index (χ2v) is 21.6. The molecule has 0 radical (unpaired) electrons. The predicted molar refractivity (Wildman–Crippen MR) is 274 cm³/mol. The van der Waals surface area contributed by atoms with Crippen LogP contribution in [0.15, 0.2) is 69.6 Å². The van der Waals surface area contributed by atoms with Crippen LogP contribution < -0.4 is 14.8 Å². The van der Waals surface area contributed by atoms with Gasteiger partial charge in [0.1, 0.15) is 34.9 Å². The number of ether oxygens (including phenoxy) is 8. The van der Waals surface area contributed by atoms with Gasteiger partial charge in [0.05, 0.1) is 100 Å². The number of carboxylic acids is 1. The molecule has 73 heavy (non-hydrogen) atoms. The highest BCUT2D eigenvalue weighted by Crippen LogP contribution is 2.51. The second-order valence-electron chi connectivity index (χ2n) is 18.7. The van der Waals surface area contributed by atoms with Crippen molar-refractivity contribution in [3.05, 3.63) is 82.6 Å². The van der Waals surface area contributed by atoms with E-state index < -0.39 is 42.3 Å². The highest BCUT2D eigenvalue weighted by molar-refractivity contribution is 7.86. The minimum absolute atomic E-state index is 0.00910. The van der Waals surface area contributed by atoms with Crippen LogP contribution in [0, 0.1) is 0 Å². The van der Waals surface area contributed by atoms with Gasteiger partial charge in [0.15, 0.2) is 13.1 Å². The Balaban J connectivity index is 1.69. The largest absolute Gasteiger partial charge is 0.748 e. The SMILES string of the molecule is COCCOCCOCCOCC[N+](CCOCCOCCOCCOC)=c1ccc2c(C(C)(C)C)cc(/C=C/C=C3/N(CCCCCC(=O)O)c4ccc(S(=O)(=O)[O-])cc4C3(C)CCCS(=O)(=O)[O-])oc-2c1. The predicted octanol–water partition coefficient (Wildman–Crippen LogP) is 5.40. The van der Waals surface area contributed by atoms with Gasteiger partial charge >= 0.3 is 5.97 Å². The van der Waals surface area contributed by atoms with Crippen molar-refractivity contribution in [3.63, 3.8) is 0 Å². The summed E-state index contributed by atoms with van der Waals surface area (Å²) in [4.78, 5) is 12.8. The summed E-state index contributed by atoms with van der Waals surface area (Å²) in [6.45, 7) is 16.1. The van der Waals surface area contributed by atoms with E-state index >= 15 is 0 Å². The Kier molecular flexibility index (Phi) is 26.2. The lowest BCUT2D eigenvalue weighted by molar-refractivity contribution is -0.137. The number of hydrogen-bond donors (Lipinski definition) is 1. The van der Waals surface area contributed by atoms with E-state index in [-0.39, 0.29) is 24.7 Å². The molecule has 1 unspecified atom stereocenters. The fourth-order valence-corrected chi connectivity index (χ4v) is 9.43. The van der Waals surface area contributed by atoms with Crippen molar-refractivity contribution >= 4 is 38.0 Å². The number of hydrogen-bond acceptors (Lipinski definition) is 17. The summed E-state index contributed by atoms with van der Waals surface area (Å²) >= 11 is 0. The fourth-order valence-electron chi connectivity index (χ4n) is 8.43. The zero-order valence-corrected chi connectivity index (χ0v) is 45.1. The van der Waals surface area contributed by atoms with Gasteiger partial charge in [0.2, 0.25) is 5.36 Å². The first kappa shape index (κ1) is 61.4. The lowest BCUT2D eigenvalue weighted by Gasteiger charge is -2.31. The molecule has 0 saturated heterocycles. The van der Waals surface area contributed by atoms with Gasteiger partial charge < -0.3 is 61.4 Å². The fraction of sp³-hybridized carbons (Fsp3) is 0.615. The van der Waals surface area contributed by atoms with Crippen LogP contribution in [0.5, 0.6) is 0 Å². The van der Waals surface area contributed by atoms with Gasteiger partial charge in [-0.2, -0.15) is 0 Å². The third-order valence-electron chi connectivity index (χ3n) is 12.2. The Hall–Kier alpha value is -4.10. The highest BCUT2D eigenvalue weighted by atomic mass is 32.2. The van der Waals surface area contributed by atoms with Crippen LogP contribution in [-0.4, -0.2) is 169 Å². The first-order chi connectivity index (χ1) is 34.8. The molecule has 4 rings (SSSR count). The van der Waals surface area contributed by atoms with Crippen molar-refractivity contribution in [2.24, 2.45) is 0 Å². The van der Waals surface area contributed by atoms with Crippen molar-refractivity contribution in [2.75, 3.05) is 137 Å². The molecule has 1 aromatic rings. The molecule has 0 aromatic heterocycles. The van der Waals surface area contributed by atoms with E-state index in [2.05, 4.69) is 37.5 Å². The quantitative estimate of drug-likeness (QED) is 0.0432. The van der Waals surface area contributed by atoms with Crippen LogP contribution >= 0.6 is 0 Å². The van der Waals surface area contributed by atoms with Crippen molar-refractivity contribution in [1.82, 2.24) is 4.58 Å². The molecular weight excluding hydrogens is 989 g/mol. The van der Waals surface area contributed by atoms with Crippen LogP contribution in [0.4, 0.5) is 5.69 Å². The van der Waals surface area contributed by atoms with E-state index in [0.29, 0.717) is 160 Å². The molecular formula is C52H77N2O17S2-. The first-order valence-electron chi connectivity index (χ1n) is 24.8. The molecule has 21 heteroatoms. The summed E-state index contributed by atoms with van der Waals surface area (Å²) in [5, 5.41) is 10.1. The number of nitrogens with zero attached hydrogens (tertiary/aromatic N) is 2. The van der Waals surface area contributed by atoms with Gasteiger partial charge in [0.25, 0.3) is 0 Å². The van der Waals surface area contributed by atoms with Gasteiger partial charge in [0, 0.05) is 61.4 Å². The molecule has 0 spiro atoms. The first-order valence-corrected chi connectivity index (χ1v) is 27.8.